The molecule has 0 saturated carbocycles. The molecule has 2 amide bonds. The molecule has 184 valence electrons. The second kappa shape index (κ2) is 10.3. The van der Waals surface area contributed by atoms with E-state index in [2.05, 4.69) is 31.7 Å². The number of amides is 2. The zero-order valence-electron chi connectivity index (χ0n) is 19.5. The molecule has 0 spiro atoms. The lowest BCUT2D eigenvalue weighted by Gasteiger charge is -2.33. The number of halogens is 2. The molecule has 0 aliphatic carbocycles. The number of nitrogens with one attached hydrogen (secondary N) is 2. The highest BCUT2D eigenvalue weighted by atomic mass is 79.9. The van der Waals surface area contributed by atoms with Gasteiger partial charge in [0.1, 0.15) is 5.82 Å². The van der Waals surface area contributed by atoms with Crippen molar-refractivity contribution in [3.05, 3.63) is 75.9 Å². The lowest BCUT2D eigenvalue weighted by Crippen LogP contribution is -2.42. The average Bonchev–Trinajstić information content (AvgIpc) is 3.25. The molecular weight excluding hydrogens is 544 g/mol. The number of fused-ring (bicyclic) bond motifs is 1. The van der Waals surface area contributed by atoms with E-state index in [0.717, 1.165) is 34.4 Å². The molecule has 3 heterocycles. The predicted octanol–water partition coefficient (Wildman–Crippen LogP) is 5.49. The summed E-state index contributed by atoms with van der Waals surface area (Å²) in [6.07, 6.45) is 3.29. The molecule has 8 nitrogen and oxygen atoms in total. The number of likely N-dealkylation sites (tertiary alicyclic amines) is 1. The minimum atomic E-state index is -0.168. The van der Waals surface area contributed by atoms with E-state index in [1.54, 1.807) is 35.0 Å². The van der Waals surface area contributed by atoms with Crippen molar-refractivity contribution in [2.75, 3.05) is 23.7 Å². The Morgan fingerprint density at radius 3 is 2.61 bits per heavy atom. The number of carbonyl (C=O) groups excluding carboxylic acids is 2. The van der Waals surface area contributed by atoms with Crippen molar-refractivity contribution in [1.29, 1.82) is 0 Å². The van der Waals surface area contributed by atoms with Crippen molar-refractivity contribution in [3.63, 3.8) is 0 Å². The zero-order valence-corrected chi connectivity index (χ0v) is 21.9. The Balaban J connectivity index is 1.32. The number of carbonyl (C=O) groups is 2. The van der Waals surface area contributed by atoms with E-state index in [9.17, 15) is 9.59 Å². The summed E-state index contributed by atoms with van der Waals surface area (Å²) in [6, 6.07) is 16.8. The first-order chi connectivity index (χ1) is 17.4. The van der Waals surface area contributed by atoms with Gasteiger partial charge in [0.2, 0.25) is 5.91 Å². The molecule has 2 aromatic carbocycles. The van der Waals surface area contributed by atoms with Crippen LogP contribution in [0.1, 0.15) is 30.1 Å². The standard InChI is InChI=1S/C26H24BrClN6O2/c1-16(35)30-19-6-4-5-17(13-19)26(36)33-11-9-18(10-12-33)31-24-14-23(20-7-2-3-8-22(20)28)32-25-21(27)15-29-34(24)25/h2-8,13-15,18,31H,9-12H2,1H3,(H,30,35). The Hall–Kier alpha value is -3.43. The molecule has 2 aromatic heterocycles. The van der Waals surface area contributed by atoms with Gasteiger partial charge in [0, 0.05) is 54.0 Å². The summed E-state index contributed by atoms with van der Waals surface area (Å²) in [7, 11) is 0. The van der Waals surface area contributed by atoms with Crippen LogP contribution in [-0.4, -0.2) is 50.4 Å². The number of nitrogens with zero attached hydrogens (tertiary/aromatic N) is 4. The van der Waals surface area contributed by atoms with E-state index in [-0.39, 0.29) is 17.9 Å². The number of anilines is 2. The van der Waals surface area contributed by atoms with Crippen molar-refractivity contribution < 1.29 is 9.59 Å². The molecule has 0 unspecified atom stereocenters. The maximum absolute atomic E-state index is 13.1. The first-order valence-electron chi connectivity index (χ1n) is 11.6. The van der Waals surface area contributed by atoms with Crippen molar-refractivity contribution >= 4 is 56.5 Å². The second-order valence-electron chi connectivity index (χ2n) is 8.71. The van der Waals surface area contributed by atoms with Crippen LogP contribution < -0.4 is 10.6 Å². The van der Waals surface area contributed by atoms with Gasteiger partial charge in [0.25, 0.3) is 5.91 Å². The summed E-state index contributed by atoms with van der Waals surface area (Å²) in [5.41, 5.74) is 3.48. The van der Waals surface area contributed by atoms with Crippen molar-refractivity contribution in [1.82, 2.24) is 19.5 Å². The van der Waals surface area contributed by atoms with Crippen LogP contribution in [0.3, 0.4) is 0 Å². The van der Waals surface area contributed by atoms with Crippen LogP contribution in [-0.2, 0) is 4.79 Å². The molecule has 0 atom stereocenters. The molecule has 5 rings (SSSR count). The van der Waals surface area contributed by atoms with Gasteiger partial charge in [-0.3, -0.25) is 9.59 Å². The van der Waals surface area contributed by atoms with Gasteiger partial charge in [0.15, 0.2) is 5.65 Å². The SMILES string of the molecule is CC(=O)Nc1cccc(C(=O)N2CCC(Nc3cc(-c4ccccc4Cl)nc4c(Br)cnn34)CC2)c1. The van der Waals surface area contributed by atoms with E-state index < -0.39 is 0 Å². The minimum absolute atomic E-state index is 0.0380. The molecule has 1 aliphatic heterocycles. The van der Waals surface area contributed by atoms with Gasteiger partial charge in [-0.15, -0.1) is 0 Å². The molecule has 0 bridgehead atoms. The van der Waals surface area contributed by atoms with Crippen LogP contribution >= 0.6 is 27.5 Å². The van der Waals surface area contributed by atoms with E-state index in [1.807, 2.05) is 35.2 Å². The third kappa shape index (κ3) is 5.08. The lowest BCUT2D eigenvalue weighted by molar-refractivity contribution is -0.114. The first-order valence-corrected chi connectivity index (χ1v) is 12.8. The molecule has 36 heavy (non-hydrogen) atoms. The highest BCUT2D eigenvalue weighted by Crippen LogP contribution is 2.31. The summed E-state index contributed by atoms with van der Waals surface area (Å²) in [5, 5.41) is 11.4. The number of piperidine rings is 1. The van der Waals surface area contributed by atoms with Crippen LogP contribution in [0.5, 0.6) is 0 Å². The van der Waals surface area contributed by atoms with E-state index in [4.69, 9.17) is 16.6 Å². The number of aromatic nitrogens is 3. The zero-order chi connectivity index (χ0) is 25.2. The van der Waals surface area contributed by atoms with Crippen molar-refractivity contribution in [2.24, 2.45) is 0 Å². The Labute approximate surface area is 221 Å². The monoisotopic (exact) mass is 566 g/mol. The Morgan fingerprint density at radius 1 is 1.08 bits per heavy atom. The van der Waals surface area contributed by atoms with Crippen LogP contribution in [0, 0.1) is 0 Å². The van der Waals surface area contributed by atoms with Crippen LogP contribution in [0.15, 0.2) is 65.3 Å². The smallest absolute Gasteiger partial charge is 0.253 e. The van der Waals surface area contributed by atoms with Crippen LogP contribution in [0.25, 0.3) is 16.9 Å². The molecule has 1 fully saturated rings. The molecule has 0 radical (unpaired) electrons. The number of benzene rings is 2. The normalized spacial score (nSPS) is 14.1. The van der Waals surface area contributed by atoms with E-state index >= 15 is 0 Å². The van der Waals surface area contributed by atoms with Gasteiger partial charge in [-0.2, -0.15) is 9.61 Å². The minimum Gasteiger partial charge on any atom is -0.367 e. The highest BCUT2D eigenvalue weighted by Gasteiger charge is 2.25. The van der Waals surface area contributed by atoms with Gasteiger partial charge >= 0.3 is 0 Å². The fraction of sp³-hybridized carbons (Fsp3) is 0.231. The number of hydrogen-bond donors (Lipinski definition) is 2. The summed E-state index contributed by atoms with van der Waals surface area (Å²) in [6.45, 7) is 2.69. The van der Waals surface area contributed by atoms with Crippen LogP contribution in [0.4, 0.5) is 11.5 Å². The molecule has 4 aromatic rings. The Bertz CT molecular complexity index is 1450. The molecule has 10 heteroatoms. The third-order valence-corrected chi connectivity index (χ3v) is 7.03. The second-order valence-corrected chi connectivity index (χ2v) is 9.97. The number of rotatable bonds is 5. The van der Waals surface area contributed by atoms with E-state index in [0.29, 0.717) is 35.0 Å². The maximum Gasteiger partial charge on any atom is 0.253 e. The van der Waals surface area contributed by atoms with Gasteiger partial charge in [0.05, 0.1) is 16.4 Å². The summed E-state index contributed by atoms with van der Waals surface area (Å²) in [4.78, 5) is 31.0. The largest absolute Gasteiger partial charge is 0.367 e. The lowest BCUT2D eigenvalue weighted by atomic mass is 10.0. The summed E-state index contributed by atoms with van der Waals surface area (Å²) in [5.74, 6) is 0.607. The molecule has 1 aliphatic rings. The van der Waals surface area contributed by atoms with Gasteiger partial charge in [-0.05, 0) is 53.0 Å². The third-order valence-electron chi connectivity index (χ3n) is 6.14. The first kappa shape index (κ1) is 24.3. The van der Waals surface area contributed by atoms with Gasteiger partial charge in [-0.25, -0.2) is 4.98 Å². The van der Waals surface area contributed by atoms with Gasteiger partial charge in [-0.1, -0.05) is 35.9 Å². The summed E-state index contributed by atoms with van der Waals surface area (Å²) < 4.78 is 2.57. The fourth-order valence-electron chi connectivity index (χ4n) is 4.40. The molecule has 1 saturated heterocycles. The fourth-order valence-corrected chi connectivity index (χ4v) is 4.98. The molecular formula is C26H24BrClN6O2. The van der Waals surface area contributed by atoms with Gasteiger partial charge < -0.3 is 15.5 Å². The predicted molar refractivity (Wildman–Crippen MR) is 144 cm³/mol. The maximum atomic E-state index is 13.1. The summed E-state index contributed by atoms with van der Waals surface area (Å²) >= 11 is 9.99. The van der Waals surface area contributed by atoms with E-state index in [1.165, 1.54) is 6.92 Å². The topological polar surface area (TPSA) is 91.6 Å². The quantitative estimate of drug-likeness (QED) is 0.333. The van der Waals surface area contributed by atoms with Crippen molar-refractivity contribution in [2.45, 2.75) is 25.8 Å². The highest BCUT2D eigenvalue weighted by molar-refractivity contribution is 9.10. The van der Waals surface area contributed by atoms with Crippen molar-refractivity contribution in [3.8, 4) is 11.3 Å². The molecule has 2 N–H and O–H groups in total. The Kier molecular flexibility index (Phi) is 6.93. The number of hydrogen-bond acceptors (Lipinski definition) is 5. The Morgan fingerprint density at radius 2 is 1.86 bits per heavy atom. The van der Waals surface area contributed by atoms with Crippen LogP contribution in [0.2, 0.25) is 5.02 Å². The average molecular weight is 568 g/mol.